The lowest BCUT2D eigenvalue weighted by atomic mass is 10.0. The summed E-state index contributed by atoms with van der Waals surface area (Å²) in [4.78, 5) is 16.2. The predicted molar refractivity (Wildman–Crippen MR) is 67.4 cm³/mol. The lowest BCUT2D eigenvalue weighted by Crippen LogP contribution is -2.05. The summed E-state index contributed by atoms with van der Waals surface area (Å²) in [6.07, 6.45) is 6.32. The minimum atomic E-state index is -0.370. The maximum Gasteiger partial charge on any atom is 0.171 e. The summed E-state index contributed by atoms with van der Waals surface area (Å²) in [6.45, 7) is 0. The second kappa shape index (κ2) is 4.61. The average Bonchev–Trinajstić information content (AvgIpc) is 2.85. The van der Waals surface area contributed by atoms with Crippen LogP contribution in [0.4, 0.5) is 4.39 Å². The van der Waals surface area contributed by atoms with E-state index >= 15 is 0 Å². The number of hydrogen-bond donors (Lipinski definition) is 0. The molecule has 94 valence electrons. The van der Waals surface area contributed by atoms with Crippen LogP contribution in [0.3, 0.4) is 0 Å². The molecule has 3 rings (SSSR count). The van der Waals surface area contributed by atoms with Crippen molar-refractivity contribution in [3.8, 4) is 0 Å². The largest absolute Gasteiger partial charge is 0.294 e. The molecule has 0 bridgehead atoms. The molecule has 0 aliphatic carbocycles. The summed E-state index contributed by atoms with van der Waals surface area (Å²) in [7, 11) is 0. The van der Waals surface area contributed by atoms with Crippen LogP contribution in [0.25, 0.3) is 5.52 Å². The molecule has 4 nitrogen and oxygen atoms in total. The zero-order chi connectivity index (χ0) is 13.2. The van der Waals surface area contributed by atoms with E-state index in [1.807, 2.05) is 0 Å². The Hall–Kier alpha value is -2.56. The summed E-state index contributed by atoms with van der Waals surface area (Å²) in [6, 6.07) is 6.27. The predicted octanol–water partition coefficient (Wildman–Crippen LogP) is 2.29. The number of benzene rings is 1. The van der Waals surface area contributed by atoms with E-state index in [9.17, 15) is 9.18 Å². The summed E-state index contributed by atoms with van der Waals surface area (Å²) < 4.78 is 15.1. The number of carbonyl (C=O) groups is 1. The first kappa shape index (κ1) is 11.5. The molecule has 0 N–H and O–H groups in total. The summed E-state index contributed by atoms with van der Waals surface area (Å²) >= 11 is 0. The standard InChI is InChI=1S/C14H10FN3O/c15-12-4-2-1-3-10(12)7-14(19)11-8-17-18-6-5-16-9-13(11)18/h1-6,8-9H,7H2. The van der Waals surface area contributed by atoms with Gasteiger partial charge in [-0.05, 0) is 11.6 Å². The number of ketones is 1. The molecule has 0 unspecified atom stereocenters. The van der Waals surface area contributed by atoms with Crippen molar-refractivity contribution in [3.63, 3.8) is 0 Å². The van der Waals surface area contributed by atoms with Gasteiger partial charge in [-0.15, -0.1) is 0 Å². The van der Waals surface area contributed by atoms with Crippen LogP contribution < -0.4 is 0 Å². The van der Waals surface area contributed by atoms with Crippen LogP contribution in [-0.2, 0) is 6.42 Å². The van der Waals surface area contributed by atoms with E-state index in [4.69, 9.17) is 0 Å². The fraction of sp³-hybridized carbons (Fsp3) is 0.0714. The van der Waals surface area contributed by atoms with Gasteiger partial charge in [0.2, 0.25) is 0 Å². The molecular weight excluding hydrogens is 245 g/mol. The minimum Gasteiger partial charge on any atom is -0.294 e. The van der Waals surface area contributed by atoms with Gasteiger partial charge >= 0.3 is 0 Å². The van der Waals surface area contributed by atoms with Crippen LogP contribution in [0.15, 0.2) is 49.1 Å². The first-order valence-electron chi connectivity index (χ1n) is 5.79. The van der Waals surface area contributed by atoms with Crippen LogP contribution in [0.5, 0.6) is 0 Å². The van der Waals surface area contributed by atoms with E-state index in [0.717, 1.165) is 0 Å². The second-order valence-electron chi connectivity index (χ2n) is 4.16. The van der Waals surface area contributed by atoms with Gasteiger partial charge in [-0.3, -0.25) is 9.78 Å². The molecule has 0 aliphatic heterocycles. The van der Waals surface area contributed by atoms with Gasteiger partial charge in [0.05, 0.1) is 23.5 Å². The third-order valence-corrected chi connectivity index (χ3v) is 2.93. The van der Waals surface area contributed by atoms with E-state index in [1.54, 1.807) is 41.3 Å². The molecule has 0 radical (unpaired) electrons. The van der Waals surface area contributed by atoms with Gasteiger partial charge in [-0.2, -0.15) is 5.10 Å². The molecule has 5 heteroatoms. The van der Waals surface area contributed by atoms with Crippen LogP contribution in [0.1, 0.15) is 15.9 Å². The van der Waals surface area contributed by atoms with Gasteiger partial charge in [0.1, 0.15) is 5.82 Å². The summed E-state index contributed by atoms with van der Waals surface area (Å²) in [5.41, 5.74) is 1.47. The smallest absolute Gasteiger partial charge is 0.171 e. The number of halogens is 1. The Balaban J connectivity index is 1.95. The molecule has 0 saturated heterocycles. The molecule has 1 aromatic carbocycles. The van der Waals surface area contributed by atoms with Crippen LogP contribution in [0.2, 0.25) is 0 Å². The van der Waals surface area contributed by atoms with E-state index in [0.29, 0.717) is 16.6 Å². The SMILES string of the molecule is O=C(Cc1ccccc1F)c1cnn2ccncc12. The van der Waals surface area contributed by atoms with Gasteiger partial charge in [-0.1, -0.05) is 18.2 Å². The van der Waals surface area contributed by atoms with Gasteiger partial charge in [-0.25, -0.2) is 8.91 Å². The number of fused-ring (bicyclic) bond motifs is 1. The first-order chi connectivity index (χ1) is 9.25. The molecule has 3 aromatic rings. The summed E-state index contributed by atoms with van der Waals surface area (Å²) in [5, 5.41) is 4.07. The van der Waals surface area contributed by atoms with Crippen molar-refractivity contribution < 1.29 is 9.18 Å². The molecule has 2 aromatic heterocycles. The van der Waals surface area contributed by atoms with Gasteiger partial charge in [0, 0.05) is 18.8 Å². The lowest BCUT2D eigenvalue weighted by Gasteiger charge is -2.01. The minimum absolute atomic E-state index is 0.0168. The van der Waals surface area contributed by atoms with Crippen molar-refractivity contribution in [2.45, 2.75) is 6.42 Å². The van der Waals surface area contributed by atoms with Crippen molar-refractivity contribution in [1.29, 1.82) is 0 Å². The monoisotopic (exact) mass is 255 g/mol. The molecule has 19 heavy (non-hydrogen) atoms. The lowest BCUT2D eigenvalue weighted by molar-refractivity contribution is 0.0993. The molecule has 0 saturated carbocycles. The fourth-order valence-corrected chi connectivity index (χ4v) is 1.96. The fourth-order valence-electron chi connectivity index (χ4n) is 1.96. The van der Waals surface area contributed by atoms with Gasteiger partial charge < -0.3 is 0 Å². The summed E-state index contributed by atoms with van der Waals surface area (Å²) in [5.74, 6) is -0.543. The Kier molecular flexibility index (Phi) is 2.79. The van der Waals surface area contributed by atoms with Crippen LogP contribution in [0, 0.1) is 5.82 Å². The number of nitrogens with zero attached hydrogens (tertiary/aromatic N) is 3. The molecule has 0 fully saturated rings. The first-order valence-corrected chi connectivity index (χ1v) is 5.79. The van der Waals surface area contributed by atoms with Crippen molar-refractivity contribution >= 4 is 11.3 Å². The highest BCUT2D eigenvalue weighted by Gasteiger charge is 2.14. The van der Waals surface area contributed by atoms with E-state index in [2.05, 4.69) is 10.1 Å². The maximum absolute atomic E-state index is 13.5. The molecule has 0 aliphatic rings. The average molecular weight is 255 g/mol. The van der Waals surface area contributed by atoms with Crippen LogP contribution >= 0.6 is 0 Å². The van der Waals surface area contributed by atoms with Crippen molar-refractivity contribution in [2.75, 3.05) is 0 Å². The van der Waals surface area contributed by atoms with Gasteiger partial charge in [0.15, 0.2) is 5.78 Å². The van der Waals surface area contributed by atoms with E-state index in [1.165, 1.54) is 12.3 Å². The molecule has 0 amide bonds. The zero-order valence-electron chi connectivity index (χ0n) is 9.95. The Morgan fingerprint density at radius 1 is 1.26 bits per heavy atom. The molecule has 0 atom stereocenters. The Morgan fingerprint density at radius 3 is 2.95 bits per heavy atom. The second-order valence-corrected chi connectivity index (χ2v) is 4.16. The topological polar surface area (TPSA) is 47.3 Å². The third-order valence-electron chi connectivity index (χ3n) is 2.93. The Morgan fingerprint density at radius 2 is 2.11 bits per heavy atom. The molecule has 0 spiro atoms. The zero-order valence-corrected chi connectivity index (χ0v) is 9.95. The van der Waals surface area contributed by atoms with Crippen molar-refractivity contribution in [2.24, 2.45) is 0 Å². The molecule has 2 heterocycles. The highest BCUT2D eigenvalue weighted by molar-refractivity contribution is 6.03. The van der Waals surface area contributed by atoms with E-state index in [-0.39, 0.29) is 18.0 Å². The quantitative estimate of drug-likeness (QED) is 0.675. The normalized spacial score (nSPS) is 10.8. The maximum atomic E-state index is 13.5. The number of aromatic nitrogens is 3. The Labute approximate surface area is 108 Å². The molecular formula is C14H10FN3O. The van der Waals surface area contributed by atoms with Gasteiger partial charge in [0.25, 0.3) is 0 Å². The number of rotatable bonds is 3. The number of Topliss-reactive ketones (excluding diaryl/α,β-unsaturated/α-hetero) is 1. The highest BCUT2D eigenvalue weighted by Crippen LogP contribution is 2.14. The van der Waals surface area contributed by atoms with Crippen LogP contribution in [-0.4, -0.2) is 20.4 Å². The van der Waals surface area contributed by atoms with E-state index < -0.39 is 0 Å². The Bertz CT molecular complexity index is 751. The van der Waals surface area contributed by atoms with Crippen molar-refractivity contribution in [1.82, 2.24) is 14.6 Å². The van der Waals surface area contributed by atoms with Crippen molar-refractivity contribution in [3.05, 3.63) is 66.0 Å². The third kappa shape index (κ3) is 2.10. The number of carbonyl (C=O) groups excluding carboxylic acids is 1. The highest BCUT2D eigenvalue weighted by atomic mass is 19.1. The number of hydrogen-bond acceptors (Lipinski definition) is 3.